The van der Waals surface area contributed by atoms with Gasteiger partial charge in [-0.2, -0.15) is 0 Å². The second-order valence-corrected chi connectivity index (χ2v) is 19.7. The Hall–Kier alpha value is -3.82. The lowest BCUT2D eigenvalue weighted by Gasteiger charge is -2.47. The number of oxime groups is 1. The number of hydrogen-bond donors (Lipinski definition) is 3. The number of nitrogens with zero attached hydrogens (tertiary/aromatic N) is 5. The summed E-state index contributed by atoms with van der Waals surface area (Å²) in [6, 6.07) is 4.88. The molecule has 5 heterocycles. The van der Waals surface area contributed by atoms with Gasteiger partial charge >= 0.3 is 5.97 Å². The van der Waals surface area contributed by atoms with Gasteiger partial charge in [-0.1, -0.05) is 52.8 Å². The van der Waals surface area contributed by atoms with Crippen molar-refractivity contribution in [2.45, 2.75) is 155 Å². The van der Waals surface area contributed by atoms with Crippen LogP contribution in [0, 0.1) is 23.7 Å². The van der Waals surface area contributed by atoms with Crippen LogP contribution in [-0.2, 0) is 49.5 Å². The van der Waals surface area contributed by atoms with Crippen LogP contribution in [0.2, 0.25) is 0 Å². The number of amides is 1. The molecule has 3 fully saturated rings. The van der Waals surface area contributed by atoms with Crippen LogP contribution in [0.3, 0.4) is 0 Å². The van der Waals surface area contributed by atoms with Gasteiger partial charge in [-0.3, -0.25) is 9.59 Å². The maximum absolute atomic E-state index is 17.0. The number of aliphatic imine (C=N–C) groups is 1. The molecule has 356 valence electrons. The number of nitrogens with two attached hydrogens (primary N) is 1. The van der Waals surface area contributed by atoms with Crippen molar-refractivity contribution in [3.63, 3.8) is 0 Å². The van der Waals surface area contributed by atoms with Gasteiger partial charge in [0.05, 0.1) is 47.7 Å². The molecule has 0 aliphatic carbocycles. The summed E-state index contributed by atoms with van der Waals surface area (Å²) in [5.74, 6) is -6.21. The van der Waals surface area contributed by atoms with E-state index in [-0.39, 0.29) is 38.4 Å². The molecule has 0 saturated carbocycles. The first-order chi connectivity index (χ1) is 29.9. The number of carbonyl (C=O) groups is 3. The summed E-state index contributed by atoms with van der Waals surface area (Å²) in [6.45, 7) is 15.1. The average Bonchev–Trinajstić information content (AvgIpc) is 3.70. The molecule has 0 spiro atoms. The van der Waals surface area contributed by atoms with Crippen molar-refractivity contribution in [2.24, 2.45) is 33.8 Å². The number of nitrogen functional groups attached to an aromatic ring is 1. The van der Waals surface area contributed by atoms with E-state index in [0.29, 0.717) is 28.7 Å². The second kappa shape index (κ2) is 20.8. The number of aromatic nitrogens is 2. The Kier molecular flexibility index (Phi) is 16.6. The highest BCUT2D eigenvalue weighted by Crippen LogP contribution is 2.41. The van der Waals surface area contributed by atoms with E-state index in [1.165, 1.54) is 25.2 Å². The number of aliphatic hydroxyl groups is 2. The monoisotopic (exact) mass is 918 g/mol. The number of halogens is 1. The van der Waals surface area contributed by atoms with Gasteiger partial charge in [0.25, 0.3) is 5.67 Å². The Balaban J connectivity index is 1.68. The van der Waals surface area contributed by atoms with Crippen LogP contribution in [0.4, 0.5) is 10.2 Å². The molecule has 13 atom stereocenters. The van der Waals surface area contributed by atoms with Crippen molar-refractivity contribution in [1.82, 2.24) is 14.9 Å². The van der Waals surface area contributed by atoms with Crippen molar-refractivity contribution < 1.29 is 57.5 Å². The minimum absolute atomic E-state index is 0.00705. The van der Waals surface area contributed by atoms with E-state index in [1.54, 1.807) is 52.9 Å². The summed E-state index contributed by atoms with van der Waals surface area (Å²) >= 11 is 1.34. The Labute approximate surface area is 379 Å². The molecule has 3 aliphatic heterocycles. The van der Waals surface area contributed by atoms with E-state index in [4.69, 9.17) is 34.3 Å². The third-order valence-corrected chi connectivity index (χ3v) is 13.5. The number of alkyl halides is 1. The molecule has 2 aromatic rings. The van der Waals surface area contributed by atoms with E-state index in [1.807, 2.05) is 38.9 Å². The molecular formula is C45H67FN6O11S. The highest BCUT2D eigenvalue weighted by Gasteiger charge is 2.56. The number of esters is 1. The number of hydrogen-bond acceptors (Lipinski definition) is 17. The van der Waals surface area contributed by atoms with Crippen LogP contribution in [0.15, 0.2) is 34.5 Å². The first-order valence-electron chi connectivity index (χ1n) is 22.0. The molecule has 3 aliphatic rings. The standard InChI is InChI=1S/C45H67FN6O11S/c1-13-32-45(10,57)39-26(6)35(50-40(55)23(2)3)24(4)18-43(8,59-21-28(20-58-39)51-60-22-34-48-19-31(64-34)29-15-14-16-33(47)49-29)38(27(7)37(54)44(9,46)42(56)62-32)63-41-36(53)30(52(11)12)17-25(5)61-41/h14-16,19,23-27,30,32,36,38-39,41,53,57H,13,17-18,20-22H2,1-12H3,(H2,47,49)/b50-35?,51-28+/t24-,25-,26+,27+,30+,32-,36-,38-,39+,41+,43-,44+,45-/m1/s1. The predicted octanol–water partition coefficient (Wildman–Crippen LogP) is 4.95. The maximum atomic E-state index is 17.0. The molecule has 2 aromatic heterocycles. The van der Waals surface area contributed by atoms with Gasteiger partial charge < -0.3 is 49.4 Å². The zero-order valence-corrected chi connectivity index (χ0v) is 39.9. The molecule has 64 heavy (non-hydrogen) atoms. The molecule has 19 heteroatoms. The molecule has 0 aromatic carbocycles. The fourth-order valence-electron chi connectivity index (χ4n) is 8.95. The number of carbonyl (C=O) groups excluding carboxylic acids is 3. The van der Waals surface area contributed by atoms with Gasteiger partial charge in [0.1, 0.15) is 34.3 Å². The lowest BCUT2D eigenvalue weighted by molar-refractivity contribution is -0.296. The predicted molar refractivity (Wildman–Crippen MR) is 238 cm³/mol. The number of rotatable bonds is 9. The van der Waals surface area contributed by atoms with Crippen LogP contribution in [0.1, 0.15) is 93.5 Å². The molecule has 4 N–H and O–H groups in total. The molecule has 3 saturated heterocycles. The Morgan fingerprint density at radius 2 is 1.83 bits per heavy atom. The summed E-state index contributed by atoms with van der Waals surface area (Å²) in [6.07, 6.45) is -4.94. The van der Waals surface area contributed by atoms with E-state index in [2.05, 4.69) is 20.1 Å². The van der Waals surface area contributed by atoms with Gasteiger partial charge in [-0.15, -0.1) is 11.3 Å². The lowest BCUT2D eigenvalue weighted by atomic mass is 9.73. The summed E-state index contributed by atoms with van der Waals surface area (Å²) in [4.78, 5) is 64.0. The number of cyclic esters (lactones) is 1. The van der Waals surface area contributed by atoms with Gasteiger partial charge in [-0.05, 0) is 79.1 Å². The quantitative estimate of drug-likeness (QED) is 0.172. The Bertz CT molecular complexity index is 2030. The molecule has 5 rings (SSSR count). The van der Waals surface area contributed by atoms with Crippen molar-refractivity contribution in [2.75, 3.05) is 33.0 Å². The number of aliphatic hydroxyl groups excluding tert-OH is 1. The number of Topliss-reactive ketones (excluding diaryl/α,β-unsaturated/α-hetero) is 1. The maximum Gasteiger partial charge on any atom is 0.351 e. The van der Waals surface area contributed by atoms with Crippen LogP contribution >= 0.6 is 11.3 Å². The minimum atomic E-state index is -3.23. The third kappa shape index (κ3) is 11.4. The van der Waals surface area contributed by atoms with Crippen LogP contribution < -0.4 is 5.73 Å². The molecule has 0 radical (unpaired) electrons. The first-order valence-corrected chi connectivity index (χ1v) is 22.8. The van der Waals surface area contributed by atoms with Gasteiger partial charge in [0, 0.05) is 35.7 Å². The van der Waals surface area contributed by atoms with E-state index in [9.17, 15) is 24.6 Å². The molecular weight excluding hydrogens is 852 g/mol. The molecule has 2 bridgehead atoms. The van der Waals surface area contributed by atoms with E-state index in [0.717, 1.165) is 11.8 Å². The average molecular weight is 919 g/mol. The number of thiazole rings is 1. The highest BCUT2D eigenvalue weighted by molar-refractivity contribution is 7.15. The summed E-state index contributed by atoms with van der Waals surface area (Å²) in [7, 11) is 3.63. The number of anilines is 1. The molecule has 1 amide bonds. The Morgan fingerprint density at radius 1 is 1.12 bits per heavy atom. The number of pyridine rings is 1. The topological polar surface area (TPSA) is 227 Å². The van der Waals surface area contributed by atoms with Crippen LogP contribution in [-0.4, -0.2) is 141 Å². The van der Waals surface area contributed by atoms with Gasteiger partial charge in [-0.25, -0.2) is 24.1 Å². The summed E-state index contributed by atoms with van der Waals surface area (Å²) in [5.41, 5.74) is 0.181. The number of fused-ring (bicyclic) bond motifs is 5. The second-order valence-electron chi connectivity index (χ2n) is 18.6. The van der Waals surface area contributed by atoms with Crippen molar-refractivity contribution >= 4 is 46.2 Å². The zero-order chi connectivity index (χ0) is 47.5. The normalized spacial score (nSPS) is 37.3. The van der Waals surface area contributed by atoms with Crippen molar-refractivity contribution in [3.8, 4) is 10.6 Å². The molecule has 17 nitrogen and oxygen atoms in total. The van der Waals surface area contributed by atoms with E-state index >= 15 is 4.39 Å². The number of ketones is 1. The van der Waals surface area contributed by atoms with E-state index < -0.39 is 101 Å². The smallest absolute Gasteiger partial charge is 0.351 e. The summed E-state index contributed by atoms with van der Waals surface area (Å²) in [5, 5.41) is 29.2. The fourth-order valence-corrected chi connectivity index (χ4v) is 9.74. The number of likely N-dealkylation sites (N-methyl/N-ethyl adjacent to an activating group) is 1. The SMILES string of the molecule is CC[C@H]1OC(=O)[C@@](C)(F)C(=O)[C@H](C)[C@@H](O[C@@H]2O[C@H](C)C[C@H](N(C)C)[C@H]2O)[C@@]2(C)C[C@@H](C)C(=NC(=O)C(C)C)[C@H](C)[C@H](OC/C(=N\OCc3ncc(-c4cccc(N)n4)s3)CO2)[C@]1(C)O. The largest absolute Gasteiger partial charge is 0.457 e. The number of ether oxygens (including phenoxy) is 5. The van der Waals surface area contributed by atoms with Crippen molar-refractivity contribution in [1.29, 1.82) is 0 Å². The van der Waals surface area contributed by atoms with Crippen molar-refractivity contribution in [3.05, 3.63) is 29.4 Å². The third-order valence-electron chi connectivity index (χ3n) is 12.5. The minimum Gasteiger partial charge on any atom is -0.457 e. The lowest BCUT2D eigenvalue weighted by Crippen LogP contribution is -2.61. The molecule has 0 unspecified atom stereocenters. The zero-order valence-electron chi connectivity index (χ0n) is 39.1. The fraction of sp³-hybridized carbons (Fsp3) is 0.711. The van der Waals surface area contributed by atoms with Gasteiger partial charge in [0.2, 0.25) is 5.91 Å². The first kappa shape index (κ1) is 51.2. The van der Waals surface area contributed by atoms with Crippen LogP contribution in [0.5, 0.6) is 0 Å². The summed E-state index contributed by atoms with van der Waals surface area (Å²) < 4.78 is 49.1. The van der Waals surface area contributed by atoms with Crippen LogP contribution in [0.25, 0.3) is 10.6 Å². The highest BCUT2D eigenvalue weighted by atomic mass is 32.1. The Morgan fingerprint density at radius 3 is 2.47 bits per heavy atom. The van der Waals surface area contributed by atoms with Gasteiger partial charge in [0.15, 0.2) is 18.7 Å².